The van der Waals surface area contributed by atoms with Gasteiger partial charge in [-0.1, -0.05) is 28.1 Å². The van der Waals surface area contributed by atoms with Gasteiger partial charge in [-0.2, -0.15) is 0 Å². The second-order valence-electron chi connectivity index (χ2n) is 3.48. The lowest BCUT2D eigenvalue weighted by molar-refractivity contribution is 0.960. The van der Waals surface area contributed by atoms with Crippen molar-refractivity contribution in [1.29, 1.82) is 0 Å². The average molecular weight is 282 g/mol. The van der Waals surface area contributed by atoms with Gasteiger partial charge in [0.05, 0.1) is 5.69 Å². The van der Waals surface area contributed by atoms with Gasteiger partial charge < -0.3 is 5.73 Å². The maximum absolute atomic E-state index is 11.5. The van der Waals surface area contributed by atoms with Crippen LogP contribution in [0.15, 0.2) is 33.5 Å². The number of nitrogens with one attached hydrogen (secondary N) is 2. The van der Waals surface area contributed by atoms with E-state index in [9.17, 15) is 4.79 Å². The van der Waals surface area contributed by atoms with Crippen LogP contribution in [0.1, 0.15) is 5.56 Å². The van der Waals surface area contributed by atoms with Crippen LogP contribution in [0.25, 0.3) is 11.3 Å². The molecule has 0 unspecified atom stereocenters. The van der Waals surface area contributed by atoms with Crippen molar-refractivity contribution in [3.05, 3.63) is 44.7 Å². The first-order valence-corrected chi connectivity index (χ1v) is 5.77. The Bertz CT molecular complexity index is 544. The van der Waals surface area contributed by atoms with Gasteiger partial charge in [-0.05, 0) is 25.1 Å². The smallest absolute Gasteiger partial charge is 0.267 e. The Morgan fingerprint density at radius 3 is 2.81 bits per heavy atom. The largest absolute Gasteiger partial charge is 0.330 e. The van der Waals surface area contributed by atoms with Crippen LogP contribution in [0.2, 0.25) is 0 Å². The van der Waals surface area contributed by atoms with Gasteiger partial charge in [-0.25, -0.2) is 0 Å². The van der Waals surface area contributed by atoms with Crippen molar-refractivity contribution in [2.45, 2.75) is 6.42 Å². The third kappa shape index (κ3) is 2.10. The molecule has 0 saturated carbocycles. The molecule has 1 aromatic heterocycles. The molecule has 16 heavy (non-hydrogen) atoms. The van der Waals surface area contributed by atoms with Gasteiger partial charge in [-0.15, -0.1) is 0 Å². The Kier molecular flexibility index (Phi) is 3.26. The third-order valence-corrected chi connectivity index (χ3v) is 2.88. The highest BCUT2D eigenvalue weighted by atomic mass is 79.9. The highest BCUT2D eigenvalue weighted by molar-refractivity contribution is 9.10. The summed E-state index contributed by atoms with van der Waals surface area (Å²) in [6.45, 7) is 0.460. The zero-order chi connectivity index (χ0) is 11.5. The zero-order valence-corrected chi connectivity index (χ0v) is 10.2. The van der Waals surface area contributed by atoms with Crippen molar-refractivity contribution in [3.8, 4) is 11.3 Å². The van der Waals surface area contributed by atoms with Crippen molar-refractivity contribution in [1.82, 2.24) is 10.2 Å². The number of hydrogen-bond acceptors (Lipinski definition) is 2. The number of aromatic nitrogens is 2. The van der Waals surface area contributed by atoms with E-state index >= 15 is 0 Å². The van der Waals surface area contributed by atoms with Crippen LogP contribution in [0, 0.1) is 0 Å². The molecule has 0 aliphatic carbocycles. The first-order chi connectivity index (χ1) is 7.72. The van der Waals surface area contributed by atoms with Gasteiger partial charge in [0, 0.05) is 15.6 Å². The maximum atomic E-state index is 11.5. The zero-order valence-electron chi connectivity index (χ0n) is 8.59. The van der Waals surface area contributed by atoms with E-state index in [1.54, 1.807) is 0 Å². The quantitative estimate of drug-likeness (QED) is 0.800. The van der Waals surface area contributed by atoms with Gasteiger partial charge in [-0.3, -0.25) is 15.0 Å². The summed E-state index contributed by atoms with van der Waals surface area (Å²) in [7, 11) is 0. The molecule has 5 heteroatoms. The van der Waals surface area contributed by atoms with Crippen molar-refractivity contribution in [3.63, 3.8) is 0 Å². The molecule has 0 spiro atoms. The van der Waals surface area contributed by atoms with Gasteiger partial charge in [0.2, 0.25) is 0 Å². The van der Waals surface area contributed by atoms with E-state index in [4.69, 9.17) is 5.73 Å². The molecule has 1 heterocycles. The third-order valence-electron chi connectivity index (χ3n) is 2.38. The molecule has 0 bridgehead atoms. The van der Waals surface area contributed by atoms with Crippen LogP contribution in [0.3, 0.4) is 0 Å². The fourth-order valence-corrected chi connectivity index (χ4v) is 2.06. The molecule has 0 aliphatic rings. The van der Waals surface area contributed by atoms with E-state index in [0.717, 1.165) is 15.7 Å². The molecular weight excluding hydrogens is 270 g/mol. The SMILES string of the molecule is NCCc1c(-c2cccc(Br)c2)[nH][nH]c1=O. The minimum Gasteiger partial charge on any atom is -0.330 e. The lowest BCUT2D eigenvalue weighted by atomic mass is 10.1. The van der Waals surface area contributed by atoms with E-state index in [1.807, 2.05) is 24.3 Å². The molecule has 0 fully saturated rings. The van der Waals surface area contributed by atoms with E-state index in [0.29, 0.717) is 18.5 Å². The Morgan fingerprint density at radius 2 is 2.12 bits per heavy atom. The predicted octanol–water partition coefficient (Wildman–Crippen LogP) is 1.63. The second-order valence-corrected chi connectivity index (χ2v) is 4.40. The fraction of sp³-hybridized carbons (Fsp3) is 0.182. The minimum absolute atomic E-state index is 0.0968. The number of H-pyrrole nitrogens is 2. The molecule has 2 rings (SSSR count). The number of benzene rings is 1. The van der Waals surface area contributed by atoms with Crippen LogP contribution in [0.5, 0.6) is 0 Å². The molecule has 2 aromatic rings. The van der Waals surface area contributed by atoms with Crippen molar-refractivity contribution in [2.24, 2.45) is 5.73 Å². The van der Waals surface area contributed by atoms with E-state index < -0.39 is 0 Å². The van der Waals surface area contributed by atoms with Crippen molar-refractivity contribution in [2.75, 3.05) is 6.54 Å². The molecule has 84 valence electrons. The fourth-order valence-electron chi connectivity index (χ4n) is 1.66. The number of nitrogens with two attached hydrogens (primary N) is 1. The molecule has 0 amide bonds. The predicted molar refractivity (Wildman–Crippen MR) is 67.3 cm³/mol. The summed E-state index contributed by atoms with van der Waals surface area (Å²) < 4.78 is 0.978. The molecule has 4 nitrogen and oxygen atoms in total. The summed E-state index contributed by atoms with van der Waals surface area (Å²) in [5, 5.41) is 5.48. The lowest BCUT2D eigenvalue weighted by Crippen LogP contribution is -2.12. The maximum Gasteiger partial charge on any atom is 0.267 e. The molecule has 4 N–H and O–H groups in total. The van der Waals surface area contributed by atoms with Crippen molar-refractivity contribution < 1.29 is 0 Å². The molecule has 0 saturated heterocycles. The average Bonchev–Trinajstić information content (AvgIpc) is 2.61. The molecule has 0 atom stereocenters. The Hall–Kier alpha value is -1.33. The van der Waals surface area contributed by atoms with E-state index in [2.05, 4.69) is 26.1 Å². The van der Waals surface area contributed by atoms with Gasteiger partial charge in [0.15, 0.2) is 0 Å². The number of rotatable bonds is 3. The van der Waals surface area contributed by atoms with Crippen molar-refractivity contribution >= 4 is 15.9 Å². The molecule has 0 aliphatic heterocycles. The van der Waals surface area contributed by atoms with Crippen LogP contribution in [-0.4, -0.2) is 16.7 Å². The van der Waals surface area contributed by atoms with E-state index in [1.165, 1.54) is 0 Å². The van der Waals surface area contributed by atoms with E-state index in [-0.39, 0.29) is 5.56 Å². The highest BCUT2D eigenvalue weighted by Gasteiger charge is 2.10. The molecule has 1 aromatic carbocycles. The molecular formula is C11H12BrN3O. The summed E-state index contributed by atoms with van der Waals surface area (Å²) in [5.74, 6) is 0. The van der Waals surface area contributed by atoms with Gasteiger partial charge in [0.25, 0.3) is 5.56 Å². The topological polar surface area (TPSA) is 74.7 Å². The summed E-state index contributed by atoms with van der Waals surface area (Å²) in [5.41, 5.74) is 7.89. The second kappa shape index (κ2) is 4.67. The van der Waals surface area contributed by atoms with Crippen LogP contribution in [-0.2, 0) is 6.42 Å². The normalized spacial score (nSPS) is 10.6. The summed E-state index contributed by atoms with van der Waals surface area (Å²) in [6, 6.07) is 7.77. The highest BCUT2D eigenvalue weighted by Crippen LogP contribution is 2.22. The summed E-state index contributed by atoms with van der Waals surface area (Å²) in [6.07, 6.45) is 0.570. The first-order valence-electron chi connectivity index (χ1n) is 4.98. The Morgan fingerprint density at radius 1 is 1.31 bits per heavy atom. The monoisotopic (exact) mass is 281 g/mol. The molecule has 0 radical (unpaired) electrons. The number of halogens is 1. The van der Waals surface area contributed by atoms with Crippen LogP contribution in [0.4, 0.5) is 0 Å². The minimum atomic E-state index is -0.0968. The van der Waals surface area contributed by atoms with Gasteiger partial charge >= 0.3 is 0 Å². The summed E-state index contributed by atoms with van der Waals surface area (Å²) >= 11 is 3.40. The van der Waals surface area contributed by atoms with Crippen LogP contribution >= 0.6 is 15.9 Å². The van der Waals surface area contributed by atoms with Gasteiger partial charge in [0.1, 0.15) is 0 Å². The Balaban J connectivity index is 2.51. The standard InChI is InChI=1S/C11H12BrN3O/c12-8-3-1-2-7(6-8)10-9(4-5-13)11(16)15-14-10/h1-3,6H,4-5,13H2,(H2,14,15,16). The Labute approximate surface area is 101 Å². The number of hydrogen-bond donors (Lipinski definition) is 3. The number of aromatic amines is 2. The summed E-state index contributed by atoms with van der Waals surface area (Å²) in [4.78, 5) is 11.5. The lowest BCUT2D eigenvalue weighted by Gasteiger charge is -2.01. The van der Waals surface area contributed by atoms with Crippen LogP contribution < -0.4 is 11.3 Å². The first kappa shape index (κ1) is 11.2.